The van der Waals surface area contributed by atoms with E-state index in [-0.39, 0.29) is 5.41 Å². The van der Waals surface area contributed by atoms with Gasteiger partial charge in [0.05, 0.1) is 0 Å². The Morgan fingerprint density at radius 2 is 2.21 bits per heavy atom. The normalized spacial score (nSPS) is 31.6. The molecule has 0 bridgehead atoms. The minimum absolute atomic E-state index is 0.000671. The molecule has 14 heavy (non-hydrogen) atoms. The molecule has 0 saturated carbocycles. The molecule has 1 aliphatic rings. The van der Waals surface area contributed by atoms with Gasteiger partial charge in [-0.2, -0.15) is 23.1 Å². The van der Waals surface area contributed by atoms with Crippen LogP contribution in [0.15, 0.2) is 16.8 Å². The van der Waals surface area contributed by atoms with Crippen LogP contribution in [0.4, 0.5) is 0 Å². The molecule has 0 aromatic carbocycles. The molecule has 0 spiro atoms. The maximum Gasteiger partial charge on any atom is 0.104 e. The fourth-order valence-electron chi connectivity index (χ4n) is 1.92. The van der Waals surface area contributed by atoms with E-state index in [0.29, 0.717) is 0 Å². The lowest BCUT2D eigenvalue weighted by Crippen LogP contribution is -2.46. The van der Waals surface area contributed by atoms with Crippen LogP contribution in [-0.4, -0.2) is 16.6 Å². The highest BCUT2D eigenvalue weighted by Gasteiger charge is 2.46. The van der Waals surface area contributed by atoms with Crippen molar-refractivity contribution >= 4 is 23.1 Å². The second-order valence-corrected chi connectivity index (χ2v) is 6.44. The number of hydrogen-bond donors (Lipinski definition) is 1. The zero-order chi connectivity index (χ0) is 10.2. The smallest absolute Gasteiger partial charge is 0.104 e. The van der Waals surface area contributed by atoms with E-state index >= 15 is 0 Å². The van der Waals surface area contributed by atoms with Gasteiger partial charge in [-0.3, -0.25) is 0 Å². The van der Waals surface area contributed by atoms with Crippen LogP contribution < -0.4 is 0 Å². The van der Waals surface area contributed by atoms with Gasteiger partial charge in [0.15, 0.2) is 0 Å². The van der Waals surface area contributed by atoms with Crippen molar-refractivity contribution in [1.29, 1.82) is 0 Å². The van der Waals surface area contributed by atoms with E-state index in [9.17, 15) is 5.11 Å². The highest BCUT2D eigenvalue weighted by Crippen LogP contribution is 2.48. The van der Waals surface area contributed by atoms with Crippen LogP contribution in [0.2, 0.25) is 0 Å². The first-order chi connectivity index (χ1) is 6.56. The predicted octanol–water partition coefficient (Wildman–Crippen LogP) is 3.10. The number of aliphatic hydroxyl groups is 1. The molecule has 1 aromatic heterocycles. The van der Waals surface area contributed by atoms with Crippen molar-refractivity contribution in [3.8, 4) is 0 Å². The van der Waals surface area contributed by atoms with Gasteiger partial charge >= 0.3 is 0 Å². The van der Waals surface area contributed by atoms with E-state index in [2.05, 4.69) is 25.3 Å². The Hall–Kier alpha value is 0.01000. The summed E-state index contributed by atoms with van der Waals surface area (Å²) in [7, 11) is 0. The number of hydrogen-bond acceptors (Lipinski definition) is 3. The van der Waals surface area contributed by atoms with Crippen molar-refractivity contribution in [3.63, 3.8) is 0 Å². The van der Waals surface area contributed by atoms with E-state index < -0.39 is 5.60 Å². The molecule has 0 amide bonds. The van der Waals surface area contributed by atoms with Crippen LogP contribution in [0, 0.1) is 5.41 Å². The molecule has 78 valence electrons. The monoisotopic (exact) mass is 228 g/mol. The first kappa shape index (κ1) is 10.5. The van der Waals surface area contributed by atoms with Crippen LogP contribution in [0.5, 0.6) is 0 Å². The van der Waals surface area contributed by atoms with E-state index in [1.165, 1.54) is 5.75 Å². The van der Waals surface area contributed by atoms with E-state index in [1.807, 2.05) is 17.1 Å². The lowest BCUT2D eigenvalue weighted by atomic mass is 9.70. The Balaban J connectivity index is 2.37. The molecule has 1 saturated heterocycles. The molecule has 1 atom stereocenters. The number of thioether (sulfide) groups is 1. The topological polar surface area (TPSA) is 20.2 Å². The van der Waals surface area contributed by atoms with Crippen LogP contribution in [0.3, 0.4) is 0 Å². The minimum Gasteiger partial charge on any atom is -0.384 e. The third-order valence-corrected chi connectivity index (χ3v) is 5.10. The Morgan fingerprint density at radius 3 is 2.79 bits per heavy atom. The summed E-state index contributed by atoms with van der Waals surface area (Å²) in [5.41, 5.74) is 0.467. The van der Waals surface area contributed by atoms with Crippen LogP contribution >= 0.6 is 23.1 Å². The summed E-state index contributed by atoms with van der Waals surface area (Å²) in [6.07, 6.45) is 1.09. The second kappa shape index (κ2) is 3.54. The van der Waals surface area contributed by atoms with Crippen molar-refractivity contribution in [3.05, 3.63) is 22.4 Å². The van der Waals surface area contributed by atoms with Gasteiger partial charge in [-0.15, -0.1) is 0 Å². The maximum absolute atomic E-state index is 10.7. The van der Waals surface area contributed by atoms with E-state index in [0.717, 1.165) is 17.7 Å². The van der Waals surface area contributed by atoms with Crippen molar-refractivity contribution in [2.75, 3.05) is 11.5 Å². The molecule has 1 nitrogen and oxygen atoms in total. The fourth-order valence-corrected chi connectivity index (χ4v) is 4.30. The largest absolute Gasteiger partial charge is 0.384 e. The van der Waals surface area contributed by atoms with E-state index in [4.69, 9.17) is 0 Å². The fraction of sp³-hybridized carbons (Fsp3) is 0.636. The standard InChI is InChI=1S/C11H16OS2/c1-10(2)4-6-14-8-11(10,12)9-3-5-13-7-9/h3,5,7,12H,4,6,8H2,1-2H3. The molecule has 0 aliphatic carbocycles. The molecule has 2 rings (SSSR count). The summed E-state index contributed by atoms with van der Waals surface area (Å²) in [5, 5.41) is 14.9. The SMILES string of the molecule is CC1(C)CCSCC1(O)c1ccsc1. The Morgan fingerprint density at radius 1 is 1.43 bits per heavy atom. The Labute approximate surface area is 93.5 Å². The summed E-state index contributed by atoms with van der Waals surface area (Å²) >= 11 is 3.52. The summed E-state index contributed by atoms with van der Waals surface area (Å²) in [4.78, 5) is 0. The average molecular weight is 228 g/mol. The van der Waals surface area contributed by atoms with Crippen LogP contribution in [0.25, 0.3) is 0 Å². The summed E-state index contributed by atoms with van der Waals surface area (Å²) in [5.74, 6) is 2.00. The first-order valence-corrected chi connectivity index (χ1v) is 6.99. The number of rotatable bonds is 1. The molecule has 1 unspecified atom stereocenters. The van der Waals surface area contributed by atoms with E-state index in [1.54, 1.807) is 11.3 Å². The zero-order valence-corrected chi connectivity index (χ0v) is 10.3. The molecule has 3 heteroatoms. The van der Waals surface area contributed by atoms with Crippen molar-refractivity contribution in [2.45, 2.75) is 25.9 Å². The predicted molar refractivity (Wildman–Crippen MR) is 63.9 cm³/mol. The maximum atomic E-state index is 10.7. The summed E-state index contributed by atoms with van der Waals surface area (Å²) in [6, 6.07) is 2.05. The lowest BCUT2D eigenvalue weighted by molar-refractivity contribution is -0.0575. The van der Waals surface area contributed by atoms with Gasteiger partial charge in [0.2, 0.25) is 0 Å². The van der Waals surface area contributed by atoms with Crippen molar-refractivity contribution in [1.82, 2.24) is 0 Å². The van der Waals surface area contributed by atoms with Gasteiger partial charge in [-0.25, -0.2) is 0 Å². The average Bonchev–Trinajstić information content (AvgIpc) is 2.63. The Bertz CT molecular complexity index is 305. The third-order valence-electron chi connectivity index (χ3n) is 3.30. The van der Waals surface area contributed by atoms with Gasteiger partial charge in [0, 0.05) is 5.75 Å². The Kier molecular flexibility index (Phi) is 2.66. The highest BCUT2D eigenvalue weighted by atomic mass is 32.2. The van der Waals surface area contributed by atoms with Gasteiger partial charge in [0.1, 0.15) is 5.60 Å². The van der Waals surface area contributed by atoms with Crippen molar-refractivity contribution in [2.24, 2.45) is 5.41 Å². The quantitative estimate of drug-likeness (QED) is 0.797. The molecule has 2 heterocycles. The summed E-state index contributed by atoms with van der Waals surface area (Å²) in [6.45, 7) is 4.34. The number of thiophene rings is 1. The van der Waals surface area contributed by atoms with Crippen LogP contribution in [-0.2, 0) is 5.60 Å². The van der Waals surface area contributed by atoms with Crippen molar-refractivity contribution < 1.29 is 5.11 Å². The van der Waals surface area contributed by atoms with Crippen LogP contribution in [0.1, 0.15) is 25.8 Å². The minimum atomic E-state index is -0.629. The van der Waals surface area contributed by atoms with Gasteiger partial charge < -0.3 is 5.11 Å². The molecule has 0 radical (unpaired) electrons. The van der Waals surface area contributed by atoms with Gasteiger partial charge in [0.25, 0.3) is 0 Å². The molecule has 1 aromatic rings. The molecule has 1 N–H and O–H groups in total. The molecular weight excluding hydrogens is 212 g/mol. The first-order valence-electron chi connectivity index (χ1n) is 4.89. The lowest BCUT2D eigenvalue weighted by Gasteiger charge is -2.46. The summed E-state index contributed by atoms with van der Waals surface area (Å²) < 4.78 is 0. The van der Waals surface area contributed by atoms with Gasteiger partial charge in [-0.1, -0.05) is 13.8 Å². The molecule has 1 fully saturated rings. The zero-order valence-electron chi connectivity index (χ0n) is 8.62. The molecular formula is C11H16OS2. The molecule has 1 aliphatic heterocycles. The third kappa shape index (κ3) is 1.51. The highest BCUT2D eigenvalue weighted by molar-refractivity contribution is 7.99. The second-order valence-electron chi connectivity index (χ2n) is 4.56. The van der Waals surface area contributed by atoms with Gasteiger partial charge in [-0.05, 0) is 40.0 Å².